The first-order valence-corrected chi connectivity index (χ1v) is 4.57. The molecule has 0 amide bonds. The lowest BCUT2D eigenvalue weighted by atomic mass is 9.74. The molecule has 1 saturated carbocycles. The van der Waals surface area contributed by atoms with Crippen LogP contribution in [0.5, 0.6) is 0 Å². The van der Waals surface area contributed by atoms with Gasteiger partial charge in [-0.15, -0.1) is 0 Å². The summed E-state index contributed by atoms with van der Waals surface area (Å²) >= 11 is 0. The van der Waals surface area contributed by atoms with Crippen molar-refractivity contribution in [3.05, 3.63) is 6.92 Å². The summed E-state index contributed by atoms with van der Waals surface area (Å²) in [7, 11) is 1.84. The van der Waals surface area contributed by atoms with Gasteiger partial charge in [-0.25, -0.2) is 0 Å². The van der Waals surface area contributed by atoms with Crippen molar-refractivity contribution in [1.29, 1.82) is 0 Å². The fourth-order valence-electron chi connectivity index (χ4n) is 1.80. The molecule has 0 saturated heterocycles. The standard InChI is InChI=1S/C10H19O/c1-4-9(2)8-10(11-3)6-5-7-10/h9H,1,4-8H2,2-3H3. The third-order valence-electron chi connectivity index (χ3n) is 2.91. The van der Waals surface area contributed by atoms with Crippen molar-refractivity contribution in [3.8, 4) is 0 Å². The van der Waals surface area contributed by atoms with Gasteiger partial charge in [-0.3, -0.25) is 0 Å². The molecule has 0 aromatic heterocycles. The summed E-state index contributed by atoms with van der Waals surface area (Å²) in [6, 6.07) is 0. The van der Waals surface area contributed by atoms with Crippen molar-refractivity contribution < 1.29 is 4.74 Å². The number of hydrogen-bond donors (Lipinski definition) is 0. The Morgan fingerprint density at radius 1 is 1.55 bits per heavy atom. The SMILES string of the molecule is [CH2]CC(C)CC1(OC)CCC1. The largest absolute Gasteiger partial charge is 0.378 e. The van der Waals surface area contributed by atoms with Gasteiger partial charge in [-0.2, -0.15) is 0 Å². The number of hydrogen-bond acceptors (Lipinski definition) is 1. The average molecular weight is 155 g/mol. The molecule has 11 heavy (non-hydrogen) atoms. The van der Waals surface area contributed by atoms with Crippen LogP contribution < -0.4 is 0 Å². The highest BCUT2D eigenvalue weighted by molar-refractivity contribution is 4.90. The van der Waals surface area contributed by atoms with Crippen LogP contribution in [-0.4, -0.2) is 12.7 Å². The maximum absolute atomic E-state index is 5.52. The molecule has 0 aromatic carbocycles. The van der Waals surface area contributed by atoms with Gasteiger partial charge in [0, 0.05) is 7.11 Å². The van der Waals surface area contributed by atoms with E-state index in [0.717, 1.165) is 12.3 Å². The van der Waals surface area contributed by atoms with Crippen LogP contribution in [-0.2, 0) is 4.74 Å². The van der Waals surface area contributed by atoms with E-state index in [1.165, 1.54) is 25.7 Å². The first-order valence-electron chi connectivity index (χ1n) is 4.57. The first kappa shape index (κ1) is 9.05. The lowest BCUT2D eigenvalue weighted by Crippen LogP contribution is -2.40. The lowest BCUT2D eigenvalue weighted by Gasteiger charge is -2.42. The van der Waals surface area contributed by atoms with Gasteiger partial charge in [0.25, 0.3) is 0 Å². The molecule has 1 aliphatic carbocycles. The van der Waals surface area contributed by atoms with Crippen molar-refractivity contribution in [1.82, 2.24) is 0 Å². The Morgan fingerprint density at radius 3 is 2.45 bits per heavy atom. The van der Waals surface area contributed by atoms with Crippen LogP contribution in [0.4, 0.5) is 0 Å². The first-order chi connectivity index (χ1) is 5.22. The highest BCUT2D eigenvalue weighted by Gasteiger charge is 2.37. The van der Waals surface area contributed by atoms with E-state index in [1.54, 1.807) is 0 Å². The van der Waals surface area contributed by atoms with E-state index in [2.05, 4.69) is 13.8 Å². The molecule has 0 N–H and O–H groups in total. The molecule has 0 bridgehead atoms. The molecule has 1 rings (SSSR count). The van der Waals surface area contributed by atoms with Crippen molar-refractivity contribution in [2.24, 2.45) is 5.92 Å². The third-order valence-corrected chi connectivity index (χ3v) is 2.91. The van der Waals surface area contributed by atoms with E-state index >= 15 is 0 Å². The molecule has 0 aliphatic heterocycles. The zero-order valence-electron chi connectivity index (χ0n) is 7.73. The third kappa shape index (κ3) is 1.96. The van der Waals surface area contributed by atoms with Gasteiger partial charge in [0.15, 0.2) is 0 Å². The Labute approximate surface area is 70.1 Å². The maximum Gasteiger partial charge on any atom is 0.0681 e. The molecule has 1 nitrogen and oxygen atoms in total. The van der Waals surface area contributed by atoms with Crippen LogP contribution in [0.1, 0.15) is 39.0 Å². The van der Waals surface area contributed by atoms with Crippen LogP contribution in [0.25, 0.3) is 0 Å². The quantitative estimate of drug-likeness (QED) is 0.606. The van der Waals surface area contributed by atoms with Gasteiger partial charge in [0.1, 0.15) is 0 Å². The van der Waals surface area contributed by atoms with Crippen LogP contribution in [0.15, 0.2) is 0 Å². The van der Waals surface area contributed by atoms with E-state index in [0.29, 0.717) is 0 Å². The van der Waals surface area contributed by atoms with Crippen molar-refractivity contribution in [2.45, 2.75) is 44.6 Å². The summed E-state index contributed by atoms with van der Waals surface area (Å²) in [5.41, 5.74) is 0.247. The Hall–Kier alpha value is -0.0400. The molecule has 0 heterocycles. The Kier molecular flexibility index (Phi) is 2.94. The predicted octanol–water partition coefficient (Wildman–Crippen LogP) is 2.81. The van der Waals surface area contributed by atoms with E-state index in [-0.39, 0.29) is 5.60 Å². The Bertz CT molecular complexity index is 111. The summed E-state index contributed by atoms with van der Waals surface area (Å²) in [4.78, 5) is 0. The summed E-state index contributed by atoms with van der Waals surface area (Å²) in [6.07, 6.45) is 6.09. The Balaban J connectivity index is 2.32. The highest BCUT2D eigenvalue weighted by atomic mass is 16.5. The fourth-order valence-corrected chi connectivity index (χ4v) is 1.80. The zero-order valence-corrected chi connectivity index (χ0v) is 7.73. The molecule has 65 valence electrons. The molecule has 0 spiro atoms. The summed E-state index contributed by atoms with van der Waals surface area (Å²) in [5, 5.41) is 0. The molecule has 1 radical (unpaired) electrons. The van der Waals surface area contributed by atoms with E-state index < -0.39 is 0 Å². The Morgan fingerprint density at radius 2 is 2.18 bits per heavy atom. The van der Waals surface area contributed by atoms with Crippen LogP contribution in [0.2, 0.25) is 0 Å². The summed E-state index contributed by atoms with van der Waals surface area (Å²) in [5.74, 6) is 0.718. The van der Waals surface area contributed by atoms with Gasteiger partial charge in [0.05, 0.1) is 5.60 Å². The summed E-state index contributed by atoms with van der Waals surface area (Å²) in [6.45, 7) is 6.16. The molecule has 1 fully saturated rings. The highest BCUT2D eigenvalue weighted by Crippen LogP contribution is 2.40. The second-order valence-corrected chi connectivity index (χ2v) is 3.84. The molecular weight excluding hydrogens is 136 g/mol. The minimum absolute atomic E-state index is 0.247. The van der Waals surface area contributed by atoms with Gasteiger partial charge in [-0.05, 0) is 31.6 Å². The number of methoxy groups -OCH3 is 1. The second-order valence-electron chi connectivity index (χ2n) is 3.84. The van der Waals surface area contributed by atoms with Crippen molar-refractivity contribution >= 4 is 0 Å². The smallest absolute Gasteiger partial charge is 0.0681 e. The zero-order chi connectivity index (χ0) is 8.32. The molecular formula is C10H19O. The van der Waals surface area contributed by atoms with Gasteiger partial charge in [-0.1, -0.05) is 20.3 Å². The van der Waals surface area contributed by atoms with E-state index in [9.17, 15) is 0 Å². The molecule has 1 unspecified atom stereocenters. The molecule has 1 heteroatoms. The van der Waals surface area contributed by atoms with Crippen LogP contribution in [0.3, 0.4) is 0 Å². The fraction of sp³-hybridized carbons (Fsp3) is 0.900. The monoisotopic (exact) mass is 155 g/mol. The van der Waals surface area contributed by atoms with E-state index in [1.807, 2.05) is 7.11 Å². The number of ether oxygens (including phenoxy) is 1. The van der Waals surface area contributed by atoms with Crippen LogP contribution >= 0.6 is 0 Å². The molecule has 1 atom stereocenters. The predicted molar refractivity (Wildman–Crippen MR) is 47.3 cm³/mol. The summed E-state index contributed by atoms with van der Waals surface area (Å²) < 4.78 is 5.52. The van der Waals surface area contributed by atoms with Gasteiger partial charge in [0.2, 0.25) is 0 Å². The molecule has 1 aliphatic rings. The molecule has 0 aromatic rings. The van der Waals surface area contributed by atoms with Crippen LogP contribution in [0, 0.1) is 12.8 Å². The van der Waals surface area contributed by atoms with Crippen molar-refractivity contribution in [2.75, 3.05) is 7.11 Å². The normalized spacial score (nSPS) is 24.3. The maximum atomic E-state index is 5.52. The van der Waals surface area contributed by atoms with Gasteiger partial charge >= 0.3 is 0 Å². The minimum Gasteiger partial charge on any atom is -0.378 e. The van der Waals surface area contributed by atoms with E-state index in [4.69, 9.17) is 4.74 Å². The van der Waals surface area contributed by atoms with Crippen molar-refractivity contribution in [3.63, 3.8) is 0 Å². The second kappa shape index (κ2) is 3.57. The lowest BCUT2D eigenvalue weighted by molar-refractivity contribution is -0.0861. The average Bonchev–Trinajstić information content (AvgIpc) is 1.96. The minimum atomic E-state index is 0.247. The number of rotatable bonds is 4. The van der Waals surface area contributed by atoms with Gasteiger partial charge < -0.3 is 4.74 Å². The topological polar surface area (TPSA) is 9.23 Å².